The molecular weight excluding hydrogens is 583 g/mol. The van der Waals surface area contributed by atoms with Gasteiger partial charge in [0.15, 0.2) is 0 Å². The fourth-order valence-corrected chi connectivity index (χ4v) is 6.43. The summed E-state index contributed by atoms with van der Waals surface area (Å²) in [4.78, 5) is 74.9. The van der Waals surface area contributed by atoms with Crippen molar-refractivity contribution in [2.45, 2.75) is 43.8 Å². The van der Waals surface area contributed by atoms with E-state index in [4.69, 9.17) is 19.3 Å². The van der Waals surface area contributed by atoms with Crippen molar-refractivity contribution in [1.29, 1.82) is 0 Å². The van der Waals surface area contributed by atoms with Crippen molar-refractivity contribution in [2.24, 2.45) is 0 Å². The van der Waals surface area contributed by atoms with E-state index in [1.165, 1.54) is 6.26 Å². The van der Waals surface area contributed by atoms with Gasteiger partial charge in [0.25, 0.3) is 11.5 Å². The molecule has 2 unspecified atom stereocenters. The highest BCUT2D eigenvalue weighted by Gasteiger charge is 2.43. The maximum Gasteiger partial charge on any atom is 0.490 e. The molecule has 0 spiro atoms. The molecule has 6 atom stereocenters. The monoisotopic (exact) mass is 607 g/mol. The quantitative estimate of drug-likeness (QED) is 0.148. The zero-order valence-electron chi connectivity index (χ0n) is 19.3. The smallest absolute Gasteiger partial charge is 0.490 e. The number of aromatic nitrogens is 2. The number of phosphoric ester groups is 1. The van der Waals surface area contributed by atoms with Crippen LogP contribution in [0.4, 0.5) is 0 Å². The standard InChI is InChI=1S/C16H24N3O16P3/c1-16(3-2-4-31-16)8-17-13(21)9-6-19(15(23)18-14(9)22)12-5-10(20)11(33-12)7-32-37(27,28)35-38(29,30)34-36(24,25)26/h2,4,6,10-12,20H,3,5,7-8H2,1H3,(H,17,21)(H,27,28)(H,29,30)(H,18,22,23)(H2,24,25,26)/t10-,11+,12+,16+/m0/s1. The van der Waals surface area contributed by atoms with Gasteiger partial charge in [-0.3, -0.25) is 23.7 Å². The van der Waals surface area contributed by atoms with E-state index in [9.17, 15) is 43.0 Å². The number of amides is 1. The fourth-order valence-electron chi connectivity index (χ4n) is 3.40. The Morgan fingerprint density at radius 1 is 1.21 bits per heavy atom. The molecule has 0 aliphatic carbocycles. The zero-order valence-corrected chi connectivity index (χ0v) is 22.0. The molecule has 0 saturated carbocycles. The van der Waals surface area contributed by atoms with Crippen LogP contribution in [0.3, 0.4) is 0 Å². The first-order valence-electron chi connectivity index (χ1n) is 10.5. The molecule has 3 heterocycles. The zero-order chi connectivity index (χ0) is 28.5. The Balaban J connectivity index is 1.66. The first-order chi connectivity index (χ1) is 17.4. The molecule has 2 aliphatic heterocycles. The molecule has 1 amide bonds. The van der Waals surface area contributed by atoms with Crippen molar-refractivity contribution in [2.75, 3.05) is 13.2 Å². The summed E-state index contributed by atoms with van der Waals surface area (Å²) in [6.45, 7) is 0.798. The molecule has 214 valence electrons. The van der Waals surface area contributed by atoms with Crippen LogP contribution in [0.5, 0.6) is 0 Å². The van der Waals surface area contributed by atoms with Crippen LogP contribution in [0, 0.1) is 0 Å². The maximum atomic E-state index is 12.6. The molecule has 19 nitrogen and oxygen atoms in total. The van der Waals surface area contributed by atoms with Gasteiger partial charge in [-0.15, -0.1) is 0 Å². The first kappa shape index (κ1) is 30.6. The van der Waals surface area contributed by atoms with Crippen LogP contribution in [0.25, 0.3) is 0 Å². The normalized spacial score (nSPS) is 28.4. The molecule has 38 heavy (non-hydrogen) atoms. The molecule has 1 aromatic heterocycles. The third-order valence-corrected chi connectivity index (χ3v) is 8.97. The van der Waals surface area contributed by atoms with Gasteiger partial charge in [-0.2, -0.15) is 8.62 Å². The summed E-state index contributed by atoms with van der Waals surface area (Å²) in [7, 11) is -16.8. The summed E-state index contributed by atoms with van der Waals surface area (Å²) in [6, 6.07) is 0. The summed E-state index contributed by atoms with van der Waals surface area (Å²) in [5, 5.41) is 12.7. The number of carbonyl (C=O) groups excluding carboxylic acids is 1. The second-order valence-corrected chi connectivity index (χ2v) is 12.8. The van der Waals surface area contributed by atoms with E-state index in [1.807, 2.05) is 4.98 Å². The van der Waals surface area contributed by atoms with Gasteiger partial charge < -0.3 is 39.5 Å². The van der Waals surface area contributed by atoms with Crippen molar-refractivity contribution >= 4 is 29.4 Å². The van der Waals surface area contributed by atoms with E-state index in [2.05, 4.69) is 18.5 Å². The van der Waals surface area contributed by atoms with Crippen molar-refractivity contribution in [3.8, 4) is 0 Å². The third-order valence-electron chi connectivity index (χ3n) is 5.17. The third kappa shape index (κ3) is 8.26. The van der Waals surface area contributed by atoms with Gasteiger partial charge in [-0.25, -0.2) is 18.5 Å². The number of hydrogen-bond acceptors (Lipinski definition) is 12. The molecule has 0 bridgehead atoms. The lowest BCUT2D eigenvalue weighted by atomic mass is 10.0. The number of carbonyl (C=O) groups is 1. The minimum absolute atomic E-state index is 0.0404. The minimum Gasteiger partial charge on any atom is -0.493 e. The molecule has 0 radical (unpaired) electrons. The van der Waals surface area contributed by atoms with Crippen LogP contribution < -0.4 is 16.6 Å². The molecular formula is C16H24N3O16P3. The molecule has 0 aromatic carbocycles. The second-order valence-electron chi connectivity index (χ2n) is 8.35. The molecule has 1 saturated heterocycles. The fraction of sp³-hybridized carbons (Fsp3) is 0.562. The molecule has 2 aliphatic rings. The highest BCUT2D eigenvalue weighted by atomic mass is 31.3. The Labute approximate surface area is 212 Å². The average Bonchev–Trinajstić information content (AvgIpc) is 3.34. The first-order valence-corrected chi connectivity index (χ1v) is 15.0. The van der Waals surface area contributed by atoms with Crippen LogP contribution in [-0.2, 0) is 36.3 Å². The van der Waals surface area contributed by atoms with Crippen LogP contribution in [0.2, 0.25) is 0 Å². The Morgan fingerprint density at radius 2 is 1.89 bits per heavy atom. The summed E-state index contributed by atoms with van der Waals surface area (Å²) >= 11 is 0. The largest absolute Gasteiger partial charge is 0.493 e. The van der Waals surface area contributed by atoms with Gasteiger partial charge in [-0.1, -0.05) is 0 Å². The number of H-pyrrole nitrogens is 1. The molecule has 22 heteroatoms. The lowest BCUT2D eigenvalue weighted by Gasteiger charge is -2.24. The summed E-state index contributed by atoms with van der Waals surface area (Å²) in [6.07, 6.45) is 0.131. The SMILES string of the molecule is C[C@]1(CNC(=O)c2cn([C@H]3C[C@H](O)[C@@H](COP(=O)(O)OP(=O)(O)OP(=O)(O)O)O3)c(=O)[nH]c2=O)CC=CO1. The van der Waals surface area contributed by atoms with Gasteiger partial charge >= 0.3 is 29.2 Å². The Kier molecular flexibility index (Phi) is 9.05. The lowest BCUT2D eigenvalue weighted by Crippen LogP contribution is -2.43. The molecule has 1 fully saturated rings. The maximum absolute atomic E-state index is 12.6. The van der Waals surface area contributed by atoms with E-state index in [1.54, 1.807) is 13.0 Å². The van der Waals surface area contributed by atoms with Gasteiger partial charge in [0.05, 0.1) is 25.5 Å². The minimum atomic E-state index is -5.75. The number of hydrogen-bond donors (Lipinski definition) is 7. The van der Waals surface area contributed by atoms with Crippen molar-refractivity contribution in [3.05, 3.63) is 44.9 Å². The number of nitrogens with one attached hydrogen (secondary N) is 2. The van der Waals surface area contributed by atoms with Gasteiger partial charge in [0.2, 0.25) is 0 Å². The van der Waals surface area contributed by atoms with E-state index < -0.39 is 76.8 Å². The van der Waals surface area contributed by atoms with Crippen molar-refractivity contribution in [3.63, 3.8) is 0 Å². The van der Waals surface area contributed by atoms with Crippen molar-refractivity contribution in [1.82, 2.24) is 14.9 Å². The van der Waals surface area contributed by atoms with Gasteiger partial charge in [0.1, 0.15) is 23.5 Å². The Bertz CT molecular complexity index is 1340. The number of nitrogens with zero attached hydrogens (tertiary/aromatic N) is 1. The highest BCUT2D eigenvalue weighted by molar-refractivity contribution is 7.66. The van der Waals surface area contributed by atoms with Crippen LogP contribution in [0.15, 0.2) is 28.1 Å². The second kappa shape index (κ2) is 11.3. The molecule has 7 N–H and O–H groups in total. The van der Waals surface area contributed by atoms with Crippen molar-refractivity contribution < 1.29 is 65.8 Å². The van der Waals surface area contributed by atoms with Gasteiger partial charge in [-0.05, 0) is 13.0 Å². The van der Waals surface area contributed by atoms with E-state index >= 15 is 0 Å². The van der Waals surface area contributed by atoms with Crippen LogP contribution in [-0.4, -0.2) is 71.1 Å². The summed E-state index contributed by atoms with van der Waals surface area (Å²) in [5.74, 6) is -0.834. The number of ether oxygens (including phenoxy) is 2. The van der Waals surface area contributed by atoms with Crippen LogP contribution >= 0.6 is 23.5 Å². The average molecular weight is 607 g/mol. The number of aliphatic hydroxyl groups excluding tert-OH is 1. The van der Waals surface area contributed by atoms with E-state index in [0.717, 1.165) is 10.8 Å². The predicted molar refractivity (Wildman–Crippen MR) is 121 cm³/mol. The van der Waals surface area contributed by atoms with Gasteiger partial charge in [0, 0.05) is 19.0 Å². The molecule has 3 rings (SSSR count). The number of aliphatic hydroxyl groups is 1. The van der Waals surface area contributed by atoms with E-state index in [0.29, 0.717) is 6.42 Å². The predicted octanol–water partition coefficient (Wildman–Crippen LogP) is -1.05. The highest BCUT2D eigenvalue weighted by Crippen LogP contribution is 2.66. The Hall–Kier alpha value is -1.98. The molecule has 1 aromatic rings. The Morgan fingerprint density at radius 3 is 2.50 bits per heavy atom. The number of aromatic amines is 1. The van der Waals surface area contributed by atoms with E-state index in [-0.39, 0.29) is 13.0 Å². The number of phosphoric acid groups is 3. The lowest BCUT2D eigenvalue weighted by molar-refractivity contribution is -0.0450. The number of rotatable bonds is 11. The van der Waals surface area contributed by atoms with Crippen LogP contribution in [0.1, 0.15) is 36.4 Å². The topological polar surface area (TPSA) is 282 Å². The summed E-state index contributed by atoms with van der Waals surface area (Å²) < 4.78 is 57.1. The summed E-state index contributed by atoms with van der Waals surface area (Å²) in [5.41, 5.74) is -3.19.